The molecule has 0 aliphatic carbocycles. The molecule has 0 spiro atoms. The van der Waals surface area contributed by atoms with Crippen LogP contribution >= 0.6 is 0 Å². The summed E-state index contributed by atoms with van der Waals surface area (Å²) >= 11 is 0. The van der Waals surface area contributed by atoms with Gasteiger partial charge in [0.2, 0.25) is 0 Å². The number of aliphatic carboxylic acids is 1. The van der Waals surface area contributed by atoms with E-state index >= 15 is 0 Å². The Morgan fingerprint density at radius 3 is 1.64 bits per heavy atom. The van der Waals surface area contributed by atoms with Crippen LogP contribution in [0.2, 0.25) is 0 Å². The van der Waals surface area contributed by atoms with E-state index in [2.05, 4.69) is 43.4 Å². The fourth-order valence-corrected chi connectivity index (χ4v) is 2.14. The third-order valence-corrected chi connectivity index (χ3v) is 3.48. The highest BCUT2D eigenvalue weighted by atomic mass is 16.4. The summed E-state index contributed by atoms with van der Waals surface area (Å²) in [5.74, 6) is -0.702. The van der Waals surface area contributed by atoms with Crippen LogP contribution in [0.4, 0.5) is 0 Å². The molecule has 126 valence electrons. The van der Waals surface area contributed by atoms with Crippen molar-refractivity contribution in [3.05, 3.63) is 36.5 Å². The van der Waals surface area contributed by atoms with Crippen molar-refractivity contribution >= 4 is 5.97 Å². The van der Waals surface area contributed by atoms with Gasteiger partial charge >= 0.3 is 5.97 Å². The van der Waals surface area contributed by atoms with Crippen LogP contribution in [0, 0.1) is 0 Å². The number of carboxylic acids is 1. The van der Waals surface area contributed by atoms with Crippen molar-refractivity contribution < 1.29 is 9.90 Å². The van der Waals surface area contributed by atoms with Crippen LogP contribution in [-0.4, -0.2) is 11.1 Å². The van der Waals surface area contributed by atoms with Crippen LogP contribution in [0.3, 0.4) is 0 Å². The molecule has 0 saturated heterocycles. The first-order valence-corrected chi connectivity index (χ1v) is 8.94. The molecule has 0 fully saturated rings. The average Bonchev–Trinajstić information content (AvgIpc) is 2.50. The molecule has 0 heterocycles. The predicted octanol–water partition coefficient (Wildman–Crippen LogP) is 6.44. The third-order valence-electron chi connectivity index (χ3n) is 3.48. The molecule has 0 rings (SSSR count). The van der Waals surface area contributed by atoms with E-state index in [0.717, 1.165) is 25.7 Å². The van der Waals surface area contributed by atoms with Gasteiger partial charge in [-0.15, -0.1) is 0 Å². The molecule has 22 heavy (non-hydrogen) atoms. The van der Waals surface area contributed by atoms with Crippen LogP contribution in [0.25, 0.3) is 0 Å². The van der Waals surface area contributed by atoms with Gasteiger partial charge in [0.25, 0.3) is 0 Å². The summed E-state index contributed by atoms with van der Waals surface area (Å²) < 4.78 is 0. The van der Waals surface area contributed by atoms with Crippen molar-refractivity contribution in [2.24, 2.45) is 0 Å². The highest BCUT2D eigenvalue weighted by molar-refractivity contribution is 5.66. The van der Waals surface area contributed by atoms with Crippen molar-refractivity contribution in [3.63, 3.8) is 0 Å². The lowest BCUT2D eigenvalue weighted by molar-refractivity contribution is -0.137. The summed E-state index contributed by atoms with van der Waals surface area (Å²) in [6.07, 6.45) is 26.3. The van der Waals surface area contributed by atoms with E-state index in [1.54, 1.807) is 0 Å². The van der Waals surface area contributed by atoms with Gasteiger partial charge < -0.3 is 5.11 Å². The van der Waals surface area contributed by atoms with Gasteiger partial charge in [-0.05, 0) is 57.8 Å². The standard InChI is InChI=1S/C20H34O2/c1-2-3-4-5-6-7-8-9-10-11-12-13-14-15-16-17-18-19-20(21)22/h6-7,11-12,15-16H,2-5,8-10,13-14,17-19H2,1H3,(H,21,22)/b7-6+,12-11+,16-15+. The smallest absolute Gasteiger partial charge is 0.303 e. The Bertz CT molecular complexity index is 327. The summed E-state index contributed by atoms with van der Waals surface area (Å²) in [6, 6.07) is 0. The molecule has 0 bridgehead atoms. The largest absolute Gasteiger partial charge is 0.481 e. The van der Waals surface area contributed by atoms with Gasteiger partial charge in [-0.3, -0.25) is 4.79 Å². The lowest BCUT2D eigenvalue weighted by atomic mass is 10.1. The number of rotatable bonds is 15. The fourth-order valence-electron chi connectivity index (χ4n) is 2.14. The maximum Gasteiger partial charge on any atom is 0.303 e. The Hall–Kier alpha value is -1.31. The molecule has 2 heteroatoms. The third kappa shape index (κ3) is 18.7. The lowest BCUT2D eigenvalue weighted by Gasteiger charge is -1.93. The fraction of sp³-hybridized carbons (Fsp3) is 0.650. The van der Waals surface area contributed by atoms with Crippen molar-refractivity contribution in [1.29, 1.82) is 0 Å². The van der Waals surface area contributed by atoms with E-state index in [1.807, 2.05) is 0 Å². The Balaban J connectivity index is 3.27. The molecule has 0 saturated carbocycles. The second kappa shape index (κ2) is 17.7. The number of unbranched alkanes of at least 4 members (excludes halogenated alkanes) is 7. The van der Waals surface area contributed by atoms with Gasteiger partial charge in [0.05, 0.1) is 0 Å². The minimum Gasteiger partial charge on any atom is -0.481 e. The normalized spacial score (nSPS) is 12.0. The highest BCUT2D eigenvalue weighted by Gasteiger charge is 1.92. The van der Waals surface area contributed by atoms with Crippen molar-refractivity contribution in [2.75, 3.05) is 0 Å². The molecule has 0 aliphatic rings. The van der Waals surface area contributed by atoms with Crippen molar-refractivity contribution in [1.82, 2.24) is 0 Å². The number of hydrogen-bond donors (Lipinski definition) is 1. The topological polar surface area (TPSA) is 37.3 Å². The monoisotopic (exact) mass is 306 g/mol. The molecule has 0 aliphatic heterocycles. The first-order valence-electron chi connectivity index (χ1n) is 8.94. The van der Waals surface area contributed by atoms with Crippen LogP contribution in [0.5, 0.6) is 0 Å². The maximum absolute atomic E-state index is 10.3. The molecular weight excluding hydrogens is 272 g/mol. The second-order valence-corrected chi connectivity index (χ2v) is 5.70. The van der Waals surface area contributed by atoms with E-state index in [1.165, 1.54) is 44.9 Å². The van der Waals surface area contributed by atoms with E-state index in [4.69, 9.17) is 5.11 Å². The minimum atomic E-state index is -0.702. The van der Waals surface area contributed by atoms with E-state index in [0.29, 0.717) is 0 Å². The van der Waals surface area contributed by atoms with Crippen molar-refractivity contribution in [2.45, 2.75) is 84.0 Å². The Morgan fingerprint density at radius 2 is 1.14 bits per heavy atom. The molecule has 0 radical (unpaired) electrons. The van der Waals surface area contributed by atoms with E-state index in [9.17, 15) is 4.79 Å². The highest BCUT2D eigenvalue weighted by Crippen LogP contribution is 2.04. The number of hydrogen-bond acceptors (Lipinski definition) is 1. The average molecular weight is 306 g/mol. The molecule has 0 aromatic heterocycles. The van der Waals surface area contributed by atoms with Crippen LogP contribution in [-0.2, 0) is 4.79 Å². The Morgan fingerprint density at radius 1 is 0.682 bits per heavy atom. The SMILES string of the molecule is CCCCC/C=C/CCC/C=C/CC/C=C/CCCC(=O)O. The Kier molecular flexibility index (Phi) is 16.7. The number of allylic oxidation sites excluding steroid dienone is 6. The zero-order valence-electron chi connectivity index (χ0n) is 14.3. The zero-order chi connectivity index (χ0) is 16.3. The molecule has 0 aromatic rings. The summed E-state index contributed by atoms with van der Waals surface area (Å²) in [7, 11) is 0. The first kappa shape index (κ1) is 20.7. The van der Waals surface area contributed by atoms with Gasteiger partial charge in [-0.1, -0.05) is 56.2 Å². The van der Waals surface area contributed by atoms with Gasteiger partial charge in [0.1, 0.15) is 0 Å². The van der Waals surface area contributed by atoms with E-state index < -0.39 is 5.97 Å². The molecule has 0 amide bonds. The molecule has 2 nitrogen and oxygen atoms in total. The van der Waals surface area contributed by atoms with Crippen LogP contribution in [0.15, 0.2) is 36.5 Å². The quantitative estimate of drug-likeness (QED) is 0.279. The summed E-state index contributed by atoms with van der Waals surface area (Å²) in [6.45, 7) is 2.24. The molecule has 0 unspecified atom stereocenters. The first-order chi connectivity index (χ1) is 10.8. The molecule has 0 atom stereocenters. The van der Waals surface area contributed by atoms with E-state index in [-0.39, 0.29) is 6.42 Å². The number of carboxylic acid groups (broad SMARTS) is 1. The van der Waals surface area contributed by atoms with Crippen molar-refractivity contribution in [3.8, 4) is 0 Å². The second-order valence-electron chi connectivity index (χ2n) is 5.70. The Labute approximate surface area is 137 Å². The lowest BCUT2D eigenvalue weighted by Crippen LogP contribution is -1.92. The molecular formula is C20H34O2. The number of carbonyl (C=O) groups is 1. The zero-order valence-corrected chi connectivity index (χ0v) is 14.3. The minimum absolute atomic E-state index is 0.275. The summed E-state index contributed by atoms with van der Waals surface area (Å²) in [5, 5.41) is 8.50. The summed E-state index contributed by atoms with van der Waals surface area (Å²) in [5.41, 5.74) is 0. The van der Waals surface area contributed by atoms with Gasteiger partial charge in [-0.2, -0.15) is 0 Å². The van der Waals surface area contributed by atoms with Crippen LogP contribution in [0.1, 0.15) is 84.0 Å². The van der Waals surface area contributed by atoms with Crippen LogP contribution < -0.4 is 0 Å². The van der Waals surface area contributed by atoms with Gasteiger partial charge in [-0.25, -0.2) is 0 Å². The van der Waals surface area contributed by atoms with Gasteiger partial charge in [0.15, 0.2) is 0 Å². The maximum atomic E-state index is 10.3. The molecule has 1 N–H and O–H groups in total. The summed E-state index contributed by atoms with van der Waals surface area (Å²) in [4.78, 5) is 10.3. The molecule has 0 aromatic carbocycles. The predicted molar refractivity (Wildman–Crippen MR) is 96.1 cm³/mol. The van der Waals surface area contributed by atoms with Gasteiger partial charge in [0, 0.05) is 6.42 Å².